The van der Waals surface area contributed by atoms with Gasteiger partial charge in [0.15, 0.2) is 0 Å². The van der Waals surface area contributed by atoms with Crippen molar-refractivity contribution in [1.82, 2.24) is 0 Å². The van der Waals surface area contributed by atoms with Crippen molar-refractivity contribution < 1.29 is 27.4 Å². The Morgan fingerprint density at radius 2 is 0.333 bits per heavy atom. The predicted octanol–water partition coefficient (Wildman–Crippen LogP) is -4.50. The number of hydrogen-bond donors (Lipinski definition) is 0. The Balaban J connectivity index is 0. The van der Waals surface area contributed by atoms with Gasteiger partial charge < -0.3 is 27.4 Å². The van der Waals surface area contributed by atoms with Gasteiger partial charge in [-0.2, -0.15) is 0 Å². The Hall–Kier alpha value is 0.599. The maximum Gasteiger partial charge on any atom is 4.00 e. The summed E-state index contributed by atoms with van der Waals surface area (Å²) in [7, 11) is 0. The molecule has 5 nitrogen and oxygen atoms in total. The van der Waals surface area contributed by atoms with E-state index in [4.69, 9.17) is 0 Å². The summed E-state index contributed by atoms with van der Waals surface area (Å²) in [6, 6.07) is 0. The molecule has 0 fully saturated rings. The van der Waals surface area contributed by atoms with E-state index in [0.29, 0.717) is 0 Å². The first-order valence-electron chi connectivity index (χ1n) is 0. The summed E-state index contributed by atoms with van der Waals surface area (Å²) < 4.78 is 0. The molecule has 10 N–H and O–H groups in total. The van der Waals surface area contributed by atoms with Gasteiger partial charge in [-0.3, -0.25) is 0 Å². The van der Waals surface area contributed by atoms with E-state index in [1.165, 1.54) is 0 Å². The van der Waals surface area contributed by atoms with Crippen LogP contribution in [0.15, 0.2) is 0 Å². The van der Waals surface area contributed by atoms with Crippen LogP contribution in [0.25, 0.3) is 0 Å². The fraction of sp³-hybridized carbons (Fsp3) is 0. The number of hydrogen-bond acceptors (Lipinski definition) is 0. The van der Waals surface area contributed by atoms with Crippen LogP contribution in [0, 0.1) is 0 Å². The Bertz CT molecular complexity index is 3.90. The average molecular weight is 209 g/mol. The molecule has 0 aromatic carbocycles. The molecule has 0 aliphatic rings. The van der Waals surface area contributed by atoms with Gasteiger partial charge in [-0.1, -0.05) is 0 Å². The van der Waals surface area contributed by atoms with Crippen molar-refractivity contribution in [2.24, 2.45) is 0 Å². The van der Waals surface area contributed by atoms with Gasteiger partial charge in [0.05, 0.1) is 0 Å². The van der Waals surface area contributed by atoms with Crippen molar-refractivity contribution in [3.63, 3.8) is 0 Å². The second-order valence-electron chi connectivity index (χ2n) is 0. The summed E-state index contributed by atoms with van der Waals surface area (Å²) in [4.78, 5) is 0. The predicted molar refractivity (Wildman–Crippen MR) is 23.8 cm³/mol. The number of rotatable bonds is 0. The molecule has 0 amide bonds. The minimum absolute atomic E-state index is 0. The molecule has 0 saturated carbocycles. The molecule has 0 heterocycles. The summed E-state index contributed by atoms with van der Waals surface area (Å²) in [6.07, 6.45) is 0. The first kappa shape index (κ1) is 577. The van der Waals surface area contributed by atoms with E-state index in [-0.39, 0.29) is 51.3 Å². The van der Waals surface area contributed by atoms with Crippen molar-refractivity contribution in [2.75, 3.05) is 0 Å². The third kappa shape index (κ3) is 166. The fourth-order valence-corrected chi connectivity index (χ4v) is 0. The molecule has 0 unspecified atom stereocenters. The molecular weight excluding hydrogens is 199 g/mol. The summed E-state index contributed by atoms with van der Waals surface area (Å²) in [5.41, 5.74) is 0. The zero-order valence-electron chi connectivity index (χ0n) is 3.00. The van der Waals surface area contributed by atoms with Crippen LogP contribution >= 0.6 is 0 Å². The third-order valence-corrected chi connectivity index (χ3v) is 0. The van der Waals surface area contributed by atoms with Crippen LogP contribution in [-0.4, -0.2) is 51.3 Å². The Labute approximate surface area is 51.9 Å². The molecule has 0 aliphatic heterocycles. The molecule has 6 heavy (non-hydrogen) atoms. The van der Waals surface area contributed by atoms with Gasteiger partial charge in [0.25, 0.3) is 0 Å². The molecule has 0 bridgehead atoms. The molecule has 0 aliphatic carbocycles. The van der Waals surface area contributed by atoms with E-state index >= 15 is 0 Å². The smallest absolute Gasteiger partial charge is 0.412 e. The van der Waals surface area contributed by atoms with Crippen molar-refractivity contribution in [2.45, 2.75) is 0 Å². The third-order valence-electron chi connectivity index (χ3n) is 0. The van der Waals surface area contributed by atoms with Gasteiger partial charge in [-0.25, -0.2) is 0 Å². The monoisotopic (exact) mass is 210 g/mol. The minimum Gasteiger partial charge on any atom is -0.412 e. The van der Waals surface area contributed by atoms with Gasteiger partial charge in [-0.05, 0) is 0 Å². The van der Waals surface area contributed by atoms with E-state index in [2.05, 4.69) is 0 Å². The SMILES string of the molecule is O.O.O.O.O.[Sn+4]. The van der Waals surface area contributed by atoms with E-state index in [1.807, 2.05) is 0 Å². The Morgan fingerprint density at radius 3 is 0.333 bits per heavy atom. The Kier molecular flexibility index (Phi) is 31800. The van der Waals surface area contributed by atoms with E-state index in [1.54, 1.807) is 0 Å². The molecule has 0 aromatic rings. The normalized spacial score (nSPS) is 0. The van der Waals surface area contributed by atoms with Gasteiger partial charge in [0.1, 0.15) is 0 Å². The second kappa shape index (κ2) is 330. The quantitative estimate of drug-likeness (QED) is 0.352. The molecule has 0 saturated heterocycles. The van der Waals surface area contributed by atoms with E-state index in [9.17, 15) is 0 Å². The van der Waals surface area contributed by atoms with Crippen LogP contribution in [0.1, 0.15) is 0 Å². The van der Waals surface area contributed by atoms with Crippen LogP contribution in [0.3, 0.4) is 0 Å². The van der Waals surface area contributed by atoms with Gasteiger partial charge in [-0.15, -0.1) is 0 Å². The van der Waals surface area contributed by atoms with Gasteiger partial charge in [0, 0.05) is 0 Å². The maximum absolute atomic E-state index is 0. The molecule has 0 rings (SSSR count). The summed E-state index contributed by atoms with van der Waals surface area (Å²) in [5.74, 6) is 0. The Morgan fingerprint density at radius 1 is 0.333 bits per heavy atom. The summed E-state index contributed by atoms with van der Waals surface area (Å²) in [5, 5.41) is 0. The fourth-order valence-electron chi connectivity index (χ4n) is 0. The van der Waals surface area contributed by atoms with Gasteiger partial charge in [0.2, 0.25) is 0 Å². The summed E-state index contributed by atoms with van der Waals surface area (Å²) in [6.45, 7) is 0. The summed E-state index contributed by atoms with van der Waals surface area (Å²) >= 11 is 0. The van der Waals surface area contributed by atoms with E-state index < -0.39 is 0 Å². The molecule has 0 spiro atoms. The van der Waals surface area contributed by atoms with Crippen LogP contribution in [0.4, 0.5) is 0 Å². The van der Waals surface area contributed by atoms with Crippen LogP contribution < -0.4 is 0 Å². The first-order valence-corrected chi connectivity index (χ1v) is 0. The topological polar surface area (TPSA) is 158 Å². The molecule has 6 heteroatoms. The maximum atomic E-state index is 0. The molecule has 0 radical (unpaired) electrons. The zero-order valence-corrected chi connectivity index (χ0v) is 5.85. The van der Waals surface area contributed by atoms with Crippen LogP contribution in [0.2, 0.25) is 0 Å². The first-order chi connectivity index (χ1) is 0. The van der Waals surface area contributed by atoms with Crippen molar-refractivity contribution >= 4 is 23.9 Å². The largest absolute Gasteiger partial charge is 4.00 e. The van der Waals surface area contributed by atoms with Crippen molar-refractivity contribution in [3.8, 4) is 0 Å². The zero-order chi connectivity index (χ0) is 0. The van der Waals surface area contributed by atoms with Crippen LogP contribution in [-0.2, 0) is 0 Å². The average Bonchev–Trinajstić information content (AvgIpc) is 0. The van der Waals surface area contributed by atoms with E-state index in [0.717, 1.165) is 0 Å². The molecular formula is H10O5Sn+4. The standard InChI is InChI=1S/5H2O.Sn/h5*1H2;/q;;;;;+4. The molecule has 0 aromatic heterocycles. The second-order valence-corrected chi connectivity index (χ2v) is 0. The minimum atomic E-state index is 0. The molecule has 0 atom stereocenters. The van der Waals surface area contributed by atoms with Crippen molar-refractivity contribution in [3.05, 3.63) is 0 Å². The van der Waals surface area contributed by atoms with Crippen molar-refractivity contribution in [1.29, 1.82) is 0 Å². The van der Waals surface area contributed by atoms with Gasteiger partial charge >= 0.3 is 23.9 Å². The molecule has 40 valence electrons. The van der Waals surface area contributed by atoms with Crippen LogP contribution in [0.5, 0.6) is 0 Å².